The minimum absolute atomic E-state index is 0.0199. The maximum atomic E-state index is 12.4. The smallest absolute Gasteiger partial charge is 0.406 e. The SMILES string of the molecule is Cc1cc(/C(N)=N/N(C)N)cc(C(=O)NCc2cccc(OC(F)(F)F)c2)n1.OCC1CCCCC1. The van der Waals surface area contributed by atoms with Crippen molar-refractivity contribution in [3.63, 3.8) is 0 Å². The Labute approximate surface area is 208 Å². The molecule has 0 atom stereocenters. The van der Waals surface area contributed by atoms with Crippen molar-refractivity contribution in [3.8, 4) is 5.75 Å². The van der Waals surface area contributed by atoms with Crippen molar-refractivity contribution in [3.05, 3.63) is 58.9 Å². The molecule has 1 aliphatic carbocycles. The van der Waals surface area contributed by atoms with E-state index in [4.69, 9.17) is 16.7 Å². The minimum atomic E-state index is -4.79. The molecule has 1 amide bonds. The van der Waals surface area contributed by atoms with Crippen LogP contribution in [0.4, 0.5) is 13.2 Å². The number of hydrogen-bond donors (Lipinski definition) is 4. The molecule has 1 aliphatic rings. The van der Waals surface area contributed by atoms with Crippen LogP contribution < -0.4 is 21.6 Å². The molecular formula is C24H33F3N6O3. The number of hydrazone groups is 1. The van der Waals surface area contributed by atoms with Gasteiger partial charge in [-0.3, -0.25) is 4.79 Å². The van der Waals surface area contributed by atoms with Gasteiger partial charge in [-0.2, -0.15) is 0 Å². The van der Waals surface area contributed by atoms with E-state index in [1.165, 1.54) is 63.4 Å². The van der Waals surface area contributed by atoms with Crippen molar-refractivity contribution in [2.75, 3.05) is 13.7 Å². The number of pyridine rings is 1. The Hall–Kier alpha value is -3.38. The summed E-state index contributed by atoms with van der Waals surface area (Å²) in [5.74, 6) is 5.26. The normalized spacial score (nSPS) is 14.5. The van der Waals surface area contributed by atoms with Gasteiger partial charge in [0, 0.05) is 31.5 Å². The van der Waals surface area contributed by atoms with Crippen molar-refractivity contribution in [2.45, 2.75) is 51.9 Å². The molecule has 0 aliphatic heterocycles. The third-order valence-electron chi connectivity index (χ3n) is 5.32. The number of amides is 1. The first-order valence-corrected chi connectivity index (χ1v) is 11.5. The van der Waals surface area contributed by atoms with Gasteiger partial charge < -0.3 is 20.9 Å². The average molecular weight is 511 g/mol. The maximum Gasteiger partial charge on any atom is 0.573 e. The molecule has 0 bridgehead atoms. The highest BCUT2D eigenvalue weighted by molar-refractivity contribution is 6.00. The highest BCUT2D eigenvalue weighted by atomic mass is 19.4. The second kappa shape index (κ2) is 13.6. The lowest BCUT2D eigenvalue weighted by Crippen LogP contribution is -2.27. The first kappa shape index (κ1) is 28.9. The van der Waals surface area contributed by atoms with Gasteiger partial charge in [0.25, 0.3) is 5.91 Å². The Bertz CT molecular complexity index is 1020. The molecule has 6 N–H and O–H groups in total. The predicted octanol–water partition coefficient (Wildman–Crippen LogP) is 3.20. The Kier molecular flexibility index (Phi) is 10.9. The van der Waals surface area contributed by atoms with Crippen LogP contribution in [0.2, 0.25) is 0 Å². The van der Waals surface area contributed by atoms with Crippen molar-refractivity contribution >= 4 is 11.7 Å². The number of alkyl halides is 3. The molecule has 1 fully saturated rings. The van der Waals surface area contributed by atoms with E-state index in [1.807, 2.05) is 0 Å². The molecule has 0 radical (unpaired) electrons. The Morgan fingerprint density at radius 1 is 1.25 bits per heavy atom. The number of benzene rings is 1. The summed E-state index contributed by atoms with van der Waals surface area (Å²) in [6, 6.07) is 8.38. The zero-order valence-corrected chi connectivity index (χ0v) is 20.4. The van der Waals surface area contributed by atoms with Crippen LogP contribution in [0.5, 0.6) is 5.75 Å². The molecule has 0 unspecified atom stereocenters. The number of aromatic nitrogens is 1. The standard InChI is InChI=1S/C17H19F3N6O2.C7H14O/c1-10-6-12(15(21)25-26(2)22)8-14(24-10)16(27)23-9-11-4-3-5-13(7-11)28-17(18,19)20;8-6-7-4-2-1-3-5-7/h3-8H,9,22H2,1-2H3,(H2,21,25)(H,23,27);7-8H,1-6H2. The van der Waals surface area contributed by atoms with Crippen LogP contribution in [0.15, 0.2) is 41.5 Å². The monoisotopic (exact) mass is 510 g/mol. The van der Waals surface area contributed by atoms with Gasteiger partial charge in [0.1, 0.15) is 11.4 Å². The number of carbonyl (C=O) groups excluding carboxylic acids is 1. The number of nitrogens with one attached hydrogen (secondary N) is 1. The number of amidine groups is 1. The molecule has 36 heavy (non-hydrogen) atoms. The van der Waals surface area contributed by atoms with Crippen LogP contribution >= 0.6 is 0 Å². The molecule has 0 spiro atoms. The first-order chi connectivity index (χ1) is 17.0. The summed E-state index contributed by atoms with van der Waals surface area (Å²) < 4.78 is 40.7. The highest BCUT2D eigenvalue weighted by Crippen LogP contribution is 2.23. The topological polar surface area (TPSA) is 139 Å². The van der Waals surface area contributed by atoms with Gasteiger partial charge in [-0.15, -0.1) is 18.3 Å². The molecule has 3 rings (SSSR count). The molecule has 0 saturated heterocycles. The zero-order valence-electron chi connectivity index (χ0n) is 20.4. The lowest BCUT2D eigenvalue weighted by molar-refractivity contribution is -0.274. The summed E-state index contributed by atoms with van der Waals surface area (Å²) in [7, 11) is 1.49. The molecule has 1 heterocycles. The number of nitrogens with two attached hydrogens (primary N) is 2. The maximum absolute atomic E-state index is 12.4. The lowest BCUT2D eigenvalue weighted by Gasteiger charge is -2.18. The fourth-order valence-corrected chi connectivity index (χ4v) is 3.66. The van der Waals surface area contributed by atoms with Crippen LogP contribution in [0, 0.1) is 12.8 Å². The van der Waals surface area contributed by atoms with Crippen LogP contribution in [0.25, 0.3) is 0 Å². The number of carbonyl (C=O) groups is 1. The van der Waals surface area contributed by atoms with Gasteiger partial charge in [0.05, 0.1) is 0 Å². The number of hydrogen-bond acceptors (Lipinski definition) is 7. The quantitative estimate of drug-likeness (QED) is 0.194. The number of hydrazine groups is 1. The molecule has 1 aromatic carbocycles. The minimum Gasteiger partial charge on any atom is -0.406 e. The van der Waals surface area contributed by atoms with E-state index < -0.39 is 12.3 Å². The van der Waals surface area contributed by atoms with Gasteiger partial charge in [-0.1, -0.05) is 31.4 Å². The van der Waals surface area contributed by atoms with Gasteiger partial charge in [0.15, 0.2) is 5.84 Å². The molecule has 9 nitrogen and oxygen atoms in total. The van der Waals surface area contributed by atoms with E-state index in [2.05, 4.69) is 20.1 Å². The number of aliphatic hydroxyl groups excluding tert-OH is 1. The van der Waals surface area contributed by atoms with Crippen molar-refractivity contribution < 1.29 is 27.8 Å². The number of nitrogens with zero attached hydrogens (tertiary/aromatic N) is 3. The Morgan fingerprint density at radius 3 is 2.53 bits per heavy atom. The number of aliphatic hydroxyl groups is 1. The molecule has 1 saturated carbocycles. The predicted molar refractivity (Wildman–Crippen MR) is 130 cm³/mol. The summed E-state index contributed by atoms with van der Waals surface area (Å²) >= 11 is 0. The first-order valence-electron chi connectivity index (χ1n) is 11.5. The van der Waals surface area contributed by atoms with Crippen LogP contribution in [-0.2, 0) is 6.54 Å². The fraction of sp³-hybridized carbons (Fsp3) is 0.458. The summed E-state index contributed by atoms with van der Waals surface area (Å²) in [5.41, 5.74) is 7.32. The number of ether oxygens (including phenoxy) is 1. The summed E-state index contributed by atoms with van der Waals surface area (Å²) in [6.45, 7) is 2.08. The summed E-state index contributed by atoms with van der Waals surface area (Å²) in [4.78, 5) is 16.5. The molecular weight excluding hydrogens is 477 g/mol. The Balaban J connectivity index is 0.000000482. The molecule has 198 valence electrons. The summed E-state index contributed by atoms with van der Waals surface area (Å²) in [5, 5.41) is 16.2. The van der Waals surface area contributed by atoms with Crippen LogP contribution in [0.3, 0.4) is 0 Å². The summed E-state index contributed by atoms with van der Waals surface area (Å²) in [6.07, 6.45) is 1.79. The van der Waals surface area contributed by atoms with Gasteiger partial charge >= 0.3 is 6.36 Å². The second-order valence-corrected chi connectivity index (χ2v) is 8.51. The largest absolute Gasteiger partial charge is 0.573 e. The van der Waals surface area contributed by atoms with Crippen molar-refractivity contribution in [1.82, 2.24) is 15.4 Å². The van der Waals surface area contributed by atoms with E-state index in [0.29, 0.717) is 29.3 Å². The van der Waals surface area contributed by atoms with Crippen molar-refractivity contribution in [2.24, 2.45) is 22.6 Å². The number of halogens is 3. The van der Waals surface area contributed by atoms with Crippen molar-refractivity contribution in [1.29, 1.82) is 0 Å². The van der Waals surface area contributed by atoms with E-state index in [0.717, 1.165) is 5.12 Å². The fourth-order valence-electron chi connectivity index (χ4n) is 3.66. The number of aryl methyl sites for hydroxylation is 1. The zero-order chi connectivity index (χ0) is 26.7. The third-order valence-corrected chi connectivity index (χ3v) is 5.32. The molecule has 12 heteroatoms. The van der Waals surface area contributed by atoms with Crippen LogP contribution in [-0.4, -0.2) is 47.0 Å². The van der Waals surface area contributed by atoms with E-state index in [1.54, 1.807) is 19.1 Å². The lowest BCUT2D eigenvalue weighted by atomic mass is 9.90. The average Bonchev–Trinajstić information content (AvgIpc) is 2.82. The Morgan fingerprint density at radius 2 is 1.94 bits per heavy atom. The van der Waals surface area contributed by atoms with E-state index in [-0.39, 0.29) is 23.8 Å². The van der Waals surface area contributed by atoms with Crippen LogP contribution in [0.1, 0.15) is 59.4 Å². The molecule has 2 aromatic rings. The van der Waals surface area contributed by atoms with E-state index >= 15 is 0 Å². The van der Waals surface area contributed by atoms with E-state index in [9.17, 15) is 18.0 Å². The van der Waals surface area contributed by atoms with Gasteiger partial charge in [-0.25, -0.2) is 15.9 Å². The highest BCUT2D eigenvalue weighted by Gasteiger charge is 2.31. The number of rotatable bonds is 7. The third kappa shape index (κ3) is 10.5. The molecule has 1 aromatic heterocycles. The second-order valence-electron chi connectivity index (χ2n) is 8.51. The van der Waals surface area contributed by atoms with Gasteiger partial charge in [0.2, 0.25) is 0 Å². The van der Waals surface area contributed by atoms with Gasteiger partial charge in [-0.05, 0) is 55.5 Å².